The zero-order valence-electron chi connectivity index (χ0n) is 14.2. The molecule has 5 heteroatoms. The molecule has 2 aromatic carbocycles. The van der Waals surface area contributed by atoms with E-state index in [1.807, 2.05) is 36.5 Å². The molecule has 130 valence electrons. The number of carboxylic acid groups (broad SMARTS) is 1. The average Bonchev–Trinajstić information content (AvgIpc) is 3.13. The Morgan fingerprint density at radius 3 is 2.78 bits per heavy atom. The van der Waals surface area contributed by atoms with Crippen LogP contribution in [0.3, 0.4) is 0 Å². The van der Waals surface area contributed by atoms with E-state index in [-0.39, 0.29) is 5.56 Å². The lowest BCUT2D eigenvalue weighted by molar-refractivity contribution is 0.0697. The van der Waals surface area contributed by atoms with Crippen LogP contribution in [0.15, 0.2) is 67.0 Å². The lowest BCUT2D eigenvalue weighted by atomic mass is 9.93. The molecule has 4 rings (SSSR count). The number of nitrogen functional groups attached to an aromatic ring is 1. The number of aromatic carboxylic acids is 1. The number of fused-ring (bicyclic) bond motifs is 1. The SMILES string of the molecule is Nc1cc(C#Cc2cccc(C(=O)O)c2-c2ccc3cc[nH]c3c2)ccn1. The van der Waals surface area contributed by atoms with Gasteiger partial charge in [0, 0.05) is 34.6 Å². The number of H-pyrrole nitrogens is 1. The highest BCUT2D eigenvalue weighted by atomic mass is 16.4. The highest BCUT2D eigenvalue weighted by Crippen LogP contribution is 2.30. The monoisotopic (exact) mass is 353 g/mol. The van der Waals surface area contributed by atoms with Gasteiger partial charge < -0.3 is 15.8 Å². The second-order valence-corrected chi connectivity index (χ2v) is 6.03. The first-order chi connectivity index (χ1) is 13.1. The number of aromatic amines is 1. The first-order valence-corrected chi connectivity index (χ1v) is 8.29. The summed E-state index contributed by atoms with van der Waals surface area (Å²) in [6, 6.07) is 16.3. The molecule has 0 atom stereocenters. The summed E-state index contributed by atoms with van der Waals surface area (Å²) >= 11 is 0. The third-order valence-electron chi connectivity index (χ3n) is 4.26. The number of nitrogens with one attached hydrogen (secondary N) is 1. The van der Waals surface area contributed by atoms with E-state index in [0.717, 1.165) is 16.5 Å². The maximum Gasteiger partial charge on any atom is 0.336 e. The summed E-state index contributed by atoms with van der Waals surface area (Å²) in [7, 11) is 0. The summed E-state index contributed by atoms with van der Waals surface area (Å²) < 4.78 is 0. The van der Waals surface area contributed by atoms with Crippen molar-refractivity contribution in [1.82, 2.24) is 9.97 Å². The Labute approximate surface area is 155 Å². The Morgan fingerprint density at radius 2 is 1.96 bits per heavy atom. The highest BCUT2D eigenvalue weighted by Gasteiger charge is 2.15. The van der Waals surface area contributed by atoms with Gasteiger partial charge in [-0.15, -0.1) is 0 Å². The van der Waals surface area contributed by atoms with Crippen molar-refractivity contribution in [2.24, 2.45) is 0 Å². The van der Waals surface area contributed by atoms with Crippen molar-refractivity contribution in [1.29, 1.82) is 0 Å². The van der Waals surface area contributed by atoms with Crippen molar-refractivity contribution in [3.8, 4) is 23.0 Å². The molecule has 4 aromatic rings. The summed E-state index contributed by atoms with van der Waals surface area (Å²) in [6.07, 6.45) is 3.44. The van der Waals surface area contributed by atoms with Crippen LogP contribution < -0.4 is 5.73 Å². The number of pyridine rings is 1. The smallest absolute Gasteiger partial charge is 0.336 e. The first kappa shape index (κ1) is 16.4. The van der Waals surface area contributed by atoms with Crippen LogP contribution in [-0.4, -0.2) is 21.0 Å². The maximum absolute atomic E-state index is 11.8. The number of hydrogen-bond acceptors (Lipinski definition) is 3. The van der Waals surface area contributed by atoms with Crippen molar-refractivity contribution >= 4 is 22.7 Å². The number of rotatable bonds is 2. The van der Waals surface area contributed by atoms with Crippen LogP contribution in [0.1, 0.15) is 21.5 Å². The van der Waals surface area contributed by atoms with Gasteiger partial charge in [0.25, 0.3) is 0 Å². The van der Waals surface area contributed by atoms with Crippen LogP contribution >= 0.6 is 0 Å². The summed E-state index contributed by atoms with van der Waals surface area (Å²) in [5, 5.41) is 10.7. The van der Waals surface area contributed by atoms with Crippen molar-refractivity contribution in [3.63, 3.8) is 0 Å². The van der Waals surface area contributed by atoms with Crippen molar-refractivity contribution < 1.29 is 9.90 Å². The molecule has 0 bridgehead atoms. The standard InChI is InChI=1S/C22H15N3O2/c23-20-12-14(8-10-25-20)4-5-16-2-1-3-18(22(26)27)21(16)17-7-6-15-9-11-24-19(15)13-17/h1-3,6-13,24H,(H2,23,25)(H,26,27). The zero-order valence-corrected chi connectivity index (χ0v) is 14.2. The van der Waals surface area contributed by atoms with Crippen LogP contribution in [0.2, 0.25) is 0 Å². The van der Waals surface area contributed by atoms with E-state index in [0.29, 0.717) is 22.5 Å². The van der Waals surface area contributed by atoms with E-state index in [4.69, 9.17) is 5.73 Å². The van der Waals surface area contributed by atoms with E-state index in [9.17, 15) is 9.90 Å². The minimum absolute atomic E-state index is 0.210. The van der Waals surface area contributed by atoms with Crippen LogP contribution in [0.4, 0.5) is 5.82 Å². The van der Waals surface area contributed by atoms with Crippen LogP contribution in [0, 0.1) is 11.8 Å². The quantitative estimate of drug-likeness (QED) is 0.476. The molecule has 27 heavy (non-hydrogen) atoms. The number of nitrogens with two attached hydrogens (primary N) is 1. The predicted molar refractivity (Wildman–Crippen MR) is 105 cm³/mol. The molecule has 0 amide bonds. The lowest BCUT2D eigenvalue weighted by Crippen LogP contribution is -2.01. The Kier molecular flexibility index (Phi) is 4.07. The molecule has 0 unspecified atom stereocenters. The Hall–Kier alpha value is -4.04. The average molecular weight is 353 g/mol. The second-order valence-electron chi connectivity index (χ2n) is 6.03. The fourth-order valence-corrected chi connectivity index (χ4v) is 3.01. The molecule has 0 saturated heterocycles. The van der Waals surface area contributed by atoms with Gasteiger partial charge in [0.05, 0.1) is 5.56 Å². The van der Waals surface area contributed by atoms with Crippen molar-refractivity contribution in [2.45, 2.75) is 0 Å². The molecule has 0 aliphatic heterocycles. The number of hydrogen-bond donors (Lipinski definition) is 3. The Balaban J connectivity index is 1.90. The summed E-state index contributed by atoms with van der Waals surface area (Å²) in [4.78, 5) is 18.9. The zero-order chi connectivity index (χ0) is 18.8. The van der Waals surface area contributed by atoms with Gasteiger partial charge in [-0.1, -0.05) is 30.0 Å². The Bertz CT molecular complexity index is 1230. The highest BCUT2D eigenvalue weighted by molar-refractivity contribution is 5.99. The molecule has 0 aliphatic rings. The van der Waals surface area contributed by atoms with Crippen molar-refractivity contribution in [2.75, 3.05) is 5.73 Å². The second kappa shape index (κ2) is 6.70. The summed E-state index contributed by atoms with van der Waals surface area (Å²) in [5.74, 6) is 5.52. The molecular formula is C22H15N3O2. The van der Waals surface area contributed by atoms with Crippen LogP contribution in [0.25, 0.3) is 22.0 Å². The molecule has 2 heterocycles. The third-order valence-corrected chi connectivity index (χ3v) is 4.26. The fourth-order valence-electron chi connectivity index (χ4n) is 3.01. The summed E-state index contributed by atoms with van der Waals surface area (Å²) in [6.45, 7) is 0. The predicted octanol–water partition coefficient (Wildman–Crippen LogP) is 3.91. The molecule has 5 nitrogen and oxygen atoms in total. The minimum Gasteiger partial charge on any atom is -0.478 e. The number of aromatic nitrogens is 2. The number of carbonyl (C=O) groups is 1. The van der Waals surface area contributed by atoms with Gasteiger partial charge in [0.15, 0.2) is 0 Å². The fraction of sp³-hybridized carbons (Fsp3) is 0. The maximum atomic E-state index is 11.8. The Morgan fingerprint density at radius 1 is 1.07 bits per heavy atom. The molecule has 0 aliphatic carbocycles. The van der Waals surface area contributed by atoms with Gasteiger partial charge in [0.2, 0.25) is 0 Å². The molecule has 0 spiro atoms. The van der Waals surface area contributed by atoms with E-state index in [2.05, 4.69) is 21.8 Å². The minimum atomic E-state index is -0.992. The van der Waals surface area contributed by atoms with E-state index >= 15 is 0 Å². The van der Waals surface area contributed by atoms with Crippen LogP contribution in [0.5, 0.6) is 0 Å². The largest absolute Gasteiger partial charge is 0.478 e. The number of anilines is 1. The van der Waals surface area contributed by atoms with Gasteiger partial charge in [0.1, 0.15) is 5.82 Å². The topological polar surface area (TPSA) is 92.0 Å². The molecule has 4 N–H and O–H groups in total. The van der Waals surface area contributed by atoms with Gasteiger partial charge in [-0.3, -0.25) is 0 Å². The molecule has 0 fully saturated rings. The first-order valence-electron chi connectivity index (χ1n) is 8.29. The van der Waals surface area contributed by atoms with Gasteiger partial charge in [-0.05, 0) is 47.3 Å². The number of nitrogens with zero attached hydrogens (tertiary/aromatic N) is 1. The normalized spacial score (nSPS) is 10.4. The van der Waals surface area contributed by atoms with E-state index < -0.39 is 5.97 Å². The van der Waals surface area contributed by atoms with Gasteiger partial charge >= 0.3 is 5.97 Å². The summed E-state index contributed by atoms with van der Waals surface area (Å²) in [5.41, 5.74) is 9.58. The number of carboxylic acids is 1. The molecular weight excluding hydrogens is 338 g/mol. The van der Waals surface area contributed by atoms with Gasteiger partial charge in [-0.25, -0.2) is 9.78 Å². The van der Waals surface area contributed by atoms with E-state index in [1.54, 1.807) is 30.5 Å². The molecule has 0 radical (unpaired) electrons. The van der Waals surface area contributed by atoms with Crippen LogP contribution in [-0.2, 0) is 0 Å². The van der Waals surface area contributed by atoms with Gasteiger partial charge in [-0.2, -0.15) is 0 Å². The molecule has 2 aromatic heterocycles. The molecule has 0 saturated carbocycles. The van der Waals surface area contributed by atoms with Crippen molar-refractivity contribution in [3.05, 3.63) is 83.7 Å². The third kappa shape index (κ3) is 3.24. The number of benzene rings is 2. The lowest BCUT2D eigenvalue weighted by Gasteiger charge is -2.10. The van der Waals surface area contributed by atoms with E-state index in [1.165, 1.54) is 0 Å².